The van der Waals surface area contributed by atoms with E-state index in [0.717, 1.165) is 77.4 Å². The van der Waals surface area contributed by atoms with Gasteiger partial charge in [-0.3, -0.25) is 9.59 Å². The molecule has 7 nitrogen and oxygen atoms in total. The molecule has 0 spiro atoms. The molecule has 2 aliphatic rings. The van der Waals surface area contributed by atoms with Crippen molar-refractivity contribution in [2.24, 2.45) is 11.8 Å². The quantitative estimate of drug-likeness (QED) is 0.0446. The van der Waals surface area contributed by atoms with Crippen molar-refractivity contribution in [3.05, 3.63) is 0 Å². The molecule has 0 aromatic heterocycles. The third-order valence-electron chi connectivity index (χ3n) is 14.1. The summed E-state index contributed by atoms with van der Waals surface area (Å²) in [5.74, 6) is 1.04. The largest absolute Gasteiger partial charge is 0.466 e. The maximum Gasteiger partial charge on any atom is 0.305 e. The first kappa shape index (κ1) is 56.9. The number of carbonyl (C=O) groups is 2. The Labute approximate surface area is 385 Å². The normalized spacial score (nSPS) is 16.8. The standard InChI is InChI=1S/C55H105NO6/c1-5-9-24-34-50(35-25-10-6-2)40-46-59-53(57)38-28-19-15-13-17-21-30-42-55(61-49-52(62-55)48-56-44-32-23-33-45-56)43-31-22-18-14-16-20-29-39-54(58)60-47-41-51(36-26-11-7-3)37-27-12-8-4/h50-52H,5-49H2,1-4H3. The number of hydrogen-bond donors (Lipinski definition) is 0. The summed E-state index contributed by atoms with van der Waals surface area (Å²) in [6, 6.07) is 0. The molecule has 2 fully saturated rings. The van der Waals surface area contributed by atoms with E-state index in [0.29, 0.717) is 37.9 Å². The van der Waals surface area contributed by atoms with Gasteiger partial charge in [-0.25, -0.2) is 0 Å². The molecule has 0 aromatic rings. The van der Waals surface area contributed by atoms with Crippen LogP contribution in [0.2, 0.25) is 0 Å². The Kier molecular flexibility index (Phi) is 36.9. The molecule has 0 N–H and O–H groups in total. The number of esters is 2. The number of rotatable bonds is 44. The van der Waals surface area contributed by atoms with Gasteiger partial charge in [0.05, 0.1) is 25.9 Å². The van der Waals surface area contributed by atoms with Gasteiger partial charge < -0.3 is 23.8 Å². The van der Waals surface area contributed by atoms with Crippen molar-refractivity contribution in [2.45, 2.75) is 290 Å². The number of likely N-dealkylation sites (tertiary alicyclic amines) is 1. The Morgan fingerprint density at radius 1 is 0.500 bits per heavy atom. The highest BCUT2D eigenvalue weighted by atomic mass is 16.7. The van der Waals surface area contributed by atoms with Crippen molar-refractivity contribution in [3.8, 4) is 0 Å². The van der Waals surface area contributed by atoms with E-state index in [-0.39, 0.29) is 18.0 Å². The second kappa shape index (κ2) is 40.1. The SMILES string of the molecule is CCCCCC(CCCCC)CCOC(=O)CCCCCCCCCC1(CCCCCCCCCC(=O)OCCC(CCCCC)CCCCC)OCC(CN2CCCCC2)O1. The number of piperidine rings is 1. The van der Waals surface area contributed by atoms with Crippen molar-refractivity contribution < 1.29 is 28.5 Å². The number of unbranched alkanes of at least 4 members (excludes halogenated alkanes) is 20. The Balaban J connectivity index is 1.58. The lowest BCUT2D eigenvalue weighted by Crippen LogP contribution is -2.39. The molecule has 366 valence electrons. The fourth-order valence-corrected chi connectivity index (χ4v) is 10.0. The molecule has 0 aromatic carbocycles. The second-order valence-corrected chi connectivity index (χ2v) is 20.0. The van der Waals surface area contributed by atoms with Crippen LogP contribution in [0.25, 0.3) is 0 Å². The molecule has 62 heavy (non-hydrogen) atoms. The average Bonchev–Trinajstić information content (AvgIpc) is 3.67. The van der Waals surface area contributed by atoms with Gasteiger partial charge in [0.15, 0.2) is 5.79 Å². The van der Waals surface area contributed by atoms with E-state index in [1.807, 2.05) is 0 Å². The third kappa shape index (κ3) is 30.9. The number of nitrogens with zero attached hydrogens (tertiary/aromatic N) is 1. The van der Waals surface area contributed by atoms with Crippen LogP contribution in [0.5, 0.6) is 0 Å². The van der Waals surface area contributed by atoms with E-state index in [1.165, 1.54) is 186 Å². The molecule has 0 aliphatic carbocycles. The molecular weight excluding hydrogens is 771 g/mol. The van der Waals surface area contributed by atoms with Crippen LogP contribution in [0.1, 0.15) is 278 Å². The highest BCUT2D eigenvalue weighted by molar-refractivity contribution is 5.69. The zero-order valence-corrected chi connectivity index (χ0v) is 41.9. The van der Waals surface area contributed by atoms with Gasteiger partial charge in [-0.1, -0.05) is 201 Å². The third-order valence-corrected chi connectivity index (χ3v) is 14.1. The van der Waals surface area contributed by atoms with Crippen LogP contribution in [-0.2, 0) is 28.5 Å². The van der Waals surface area contributed by atoms with Crippen LogP contribution in [0.3, 0.4) is 0 Å². The summed E-state index contributed by atoms with van der Waals surface area (Å²) in [6.45, 7) is 14.4. The van der Waals surface area contributed by atoms with Crippen molar-refractivity contribution in [3.63, 3.8) is 0 Å². The molecule has 0 amide bonds. The van der Waals surface area contributed by atoms with Crippen LogP contribution in [-0.4, -0.2) is 68.2 Å². The fraction of sp³-hybridized carbons (Fsp3) is 0.964. The van der Waals surface area contributed by atoms with Crippen molar-refractivity contribution >= 4 is 11.9 Å². The van der Waals surface area contributed by atoms with Crippen LogP contribution in [0.15, 0.2) is 0 Å². The van der Waals surface area contributed by atoms with Gasteiger partial charge >= 0.3 is 11.9 Å². The van der Waals surface area contributed by atoms with Gasteiger partial charge in [-0.2, -0.15) is 0 Å². The Hall–Kier alpha value is -1.18. The lowest BCUT2D eigenvalue weighted by molar-refractivity contribution is -0.181. The highest BCUT2D eigenvalue weighted by Gasteiger charge is 2.41. The summed E-state index contributed by atoms with van der Waals surface area (Å²) in [7, 11) is 0. The van der Waals surface area contributed by atoms with E-state index in [4.69, 9.17) is 18.9 Å². The monoisotopic (exact) mass is 876 g/mol. The summed E-state index contributed by atoms with van der Waals surface area (Å²) >= 11 is 0. The molecule has 0 bridgehead atoms. The van der Waals surface area contributed by atoms with E-state index in [9.17, 15) is 9.59 Å². The van der Waals surface area contributed by atoms with Crippen LogP contribution in [0, 0.1) is 11.8 Å². The summed E-state index contributed by atoms with van der Waals surface area (Å²) in [4.78, 5) is 27.4. The maximum absolute atomic E-state index is 12.4. The minimum absolute atomic E-state index is 0.00461. The van der Waals surface area contributed by atoms with E-state index < -0.39 is 5.79 Å². The van der Waals surface area contributed by atoms with Crippen LogP contribution in [0.4, 0.5) is 0 Å². The van der Waals surface area contributed by atoms with Gasteiger partial charge in [0.2, 0.25) is 0 Å². The van der Waals surface area contributed by atoms with Crippen LogP contribution >= 0.6 is 0 Å². The second-order valence-electron chi connectivity index (χ2n) is 20.0. The summed E-state index contributed by atoms with van der Waals surface area (Å²) in [6.07, 6.45) is 46.4. The molecule has 7 heteroatoms. The van der Waals surface area contributed by atoms with Crippen LogP contribution < -0.4 is 0 Å². The van der Waals surface area contributed by atoms with Crippen molar-refractivity contribution in [1.29, 1.82) is 0 Å². The number of ether oxygens (including phenoxy) is 4. The Bertz CT molecular complexity index is 936. The Morgan fingerprint density at radius 3 is 1.29 bits per heavy atom. The number of hydrogen-bond acceptors (Lipinski definition) is 7. The van der Waals surface area contributed by atoms with Gasteiger partial charge in [0.1, 0.15) is 0 Å². The topological polar surface area (TPSA) is 74.3 Å². The molecule has 0 saturated carbocycles. The zero-order chi connectivity index (χ0) is 44.6. The number of carbonyl (C=O) groups excluding carboxylic acids is 2. The molecule has 2 rings (SSSR count). The fourth-order valence-electron chi connectivity index (χ4n) is 10.0. The van der Waals surface area contributed by atoms with E-state index in [1.54, 1.807) is 0 Å². The molecular formula is C55H105NO6. The Morgan fingerprint density at radius 2 is 0.887 bits per heavy atom. The van der Waals surface area contributed by atoms with E-state index >= 15 is 0 Å². The lowest BCUT2D eigenvalue weighted by Gasteiger charge is -2.31. The first-order chi connectivity index (χ1) is 30.4. The van der Waals surface area contributed by atoms with Crippen molar-refractivity contribution in [2.75, 3.05) is 39.5 Å². The lowest BCUT2D eigenvalue weighted by atomic mass is 9.92. The van der Waals surface area contributed by atoms with Gasteiger partial charge in [-0.15, -0.1) is 0 Å². The molecule has 0 radical (unpaired) electrons. The average molecular weight is 876 g/mol. The summed E-state index contributed by atoms with van der Waals surface area (Å²) in [5, 5.41) is 0. The first-order valence-corrected chi connectivity index (χ1v) is 27.8. The highest BCUT2D eigenvalue weighted by Crippen LogP contribution is 2.35. The summed E-state index contributed by atoms with van der Waals surface area (Å²) < 4.78 is 24.8. The minimum atomic E-state index is -0.406. The zero-order valence-electron chi connectivity index (χ0n) is 41.9. The minimum Gasteiger partial charge on any atom is -0.466 e. The molecule has 1 unspecified atom stereocenters. The maximum atomic E-state index is 12.4. The first-order valence-electron chi connectivity index (χ1n) is 27.8. The van der Waals surface area contributed by atoms with Gasteiger partial charge in [0.25, 0.3) is 0 Å². The van der Waals surface area contributed by atoms with Crippen molar-refractivity contribution in [1.82, 2.24) is 4.90 Å². The van der Waals surface area contributed by atoms with Gasteiger partial charge in [0, 0.05) is 32.2 Å². The predicted octanol–water partition coefficient (Wildman–Crippen LogP) is 16.0. The summed E-state index contributed by atoms with van der Waals surface area (Å²) in [5.41, 5.74) is 0. The molecule has 2 saturated heterocycles. The molecule has 2 aliphatic heterocycles. The molecule has 2 heterocycles. The van der Waals surface area contributed by atoms with Gasteiger partial charge in [-0.05, 0) is 76.3 Å². The molecule has 1 atom stereocenters. The predicted molar refractivity (Wildman–Crippen MR) is 262 cm³/mol. The smallest absolute Gasteiger partial charge is 0.305 e. The van der Waals surface area contributed by atoms with E-state index in [2.05, 4.69) is 32.6 Å².